The topological polar surface area (TPSA) is 66.5 Å². The predicted molar refractivity (Wildman–Crippen MR) is 110 cm³/mol. The Hall–Kier alpha value is -2.93. The highest BCUT2D eigenvalue weighted by Crippen LogP contribution is 2.26. The first-order valence-electron chi connectivity index (χ1n) is 8.85. The molecule has 3 aromatic rings. The lowest BCUT2D eigenvalue weighted by Gasteiger charge is -2.30. The summed E-state index contributed by atoms with van der Waals surface area (Å²) >= 11 is 0. The van der Waals surface area contributed by atoms with Crippen molar-refractivity contribution in [3.63, 3.8) is 0 Å². The second kappa shape index (κ2) is 7.98. The normalized spacial score (nSPS) is 12.5. The van der Waals surface area contributed by atoms with Gasteiger partial charge in [-0.3, -0.25) is 9.10 Å². The molecule has 0 saturated heterocycles. The van der Waals surface area contributed by atoms with Crippen LogP contribution in [-0.4, -0.2) is 26.6 Å². The van der Waals surface area contributed by atoms with E-state index in [1.807, 2.05) is 36.4 Å². The number of carbonyl (C=O) groups excluding carboxylic acids is 1. The monoisotopic (exact) mass is 400 g/mol. The summed E-state index contributed by atoms with van der Waals surface area (Å²) in [6, 6.07) is 17.2. The molecule has 7 heteroatoms. The van der Waals surface area contributed by atoms with E-state index in [-0.39, 0.29) is 12.1 Å². The zero-order valence-corrected chi connectivity index (χ0v) is 16.4. The highest BCUT2D eigenvalue weighted by molar-refractivity contribution is 7.92. The number of halogens is 1. The van der Waals surface area contributed by atoms with E-state index in [2.05, 4.69) is 5.32 Å². The molecule has 3 aromatic carbocycles. The first kappa shape index (κ1) is 19.8. The van der Waals surface area contributed by atoms with E-state index in [4.69, 9.17) is 0 Å². The summed E-state index contributed by atoms with van der Waals surface area (Å²) in [5.74, 6) is -0.931. The number of amides is 1. The van der Waals surface area contributed by atoms with Gasteiger partial charge in [-0.15, -0.1) is 0 Å². The molecule has 0 aromatic heterocycles. The van der Waals surface area contributed by atoms with Crippen LogP contribution in [0.25, 0.3) is 10.8 Å². The van der Waals surface area contributed by atoms with Crippen molar-refractivity contribution in [2.45, 2.75) is 19.4 Å². The van der Waals surface area contributed by atoms with Crippen molar-refractivity contribution in [3.8, 4) is 0 Å². The molecule has 0 saturated carbocycles. The Balaban J connectivity index is 1.97. The van der Waals surface area contributed by atoms with E-state index in [0.717, 1.165) is 21.3 Å². The molecule has 0 aliphatic carbocycles. The SMILES string of the molecule is CC[C@@H](C(=O)Nc1cccc2ccccc12)N(c1ccc(F)cc1)S(C)(=O)=O. The summed E-state index contributed by atoms with van der Waals surface area (Å²) in [6.07, 6.45) is 1.28. The minimum Gasteiger partial charge on any atom is -0.324 e. The van der Waals surface area contributed by atoms with Gasteiger partial charge in [-0.1, -0.05) is 43.3 Å². The van der Waals surface area contributed by atoms with Gasteiger partial charge in [0.25, 0.3) is 0 Å². The van der Waals surface area contributed by atoms with Crippen molar-refractivity contribution in [2.24, 2.45) is 0 Å². The molecule has 0 spiro atoms. The second-order valence-corrected chi connectivity index (χ2v) is 8.33. The average Bonchev–Trinajstić information content (AvgIpc) is 2.66. The zero-order valence-electron chi connectivity index (χ0n) is 15.6. The maximum Gasteiger partial charge on any atom is 0.248 e. The Kier molecular flexibility index (Phi) is 5.65. The summed E-state index contributed by atoms with van der Waals surface area (Å²) in [4.78, 5) is 13.0. The molecule has 0 radical (unpaired) electrons. The van der Waals surface area contributed by atoms with Gasteiger partial charge >= 0.3 is 0 Å². The molecule has 28 heavy (non-hydrogen) atoms. The average molecular weight is 400 g/mol. The molecule has 5 nitrogen and oxygen atoms in total. The quantitative estimate of drug-likeness (QED) is 0.676. The van der Waals surface area contributed by atoms with Gasteiger partial charge in [0.2, 0.25) is 15.9 Å². The van der Waals surface area contributed by atoms with E-state index in [9.17, 15) is 17.6 Å². The Labute approximate surface area is 163 Å². The Morgan fingerprint density at radius 1 is 1.04 bits per heavy atom. The Morgan fingerprint density at radius 3 is 2.32 bits per heavy atom. The summed E-state index contributed by atoms with van der Waals surface area (Å²) in [7, 11) is -3.77. The van der Waals surface area contributed by atoms with Gasteiger partial charge in [0.15, 0.2) is 0 Å². The van der Waals surface area contributed by atoms with Gasteiger partial charge in [0.1, 0.15) is 11.9 Å². The van der Waals surface area contributed by atoms with Crippen molar-refractivity contribution < 1.29 is 17.6 Å². The minimum atomic E-state index is -3.77. The van der Waals surface area contributed by atoms with Crippen LogP contribution in [0.15, 0.2) is 66.7 Å². The van der Waals surface area contributed by atoms with E-state index in [1.54, 1.807) is 13.0 Å². The van der Waals surface area contributed by atoms with Crippen molar-refractivity contribution in [3.05, 3.63) is 72.5 Å². The minimum absolute atomic E-state index is 0.240. The van der Waals surface area contributed by atoms with Crippen LogP contribution in [0, 0.1) is 5.82 Å². The number of benzene rings is 3. The highest BCUT2D eigenvalue weighted by atomic mass is 32.2. The smallest absolute Gasteiger partial charge is 0.248 e. The van der Waals surface area contributed by atoms with Gasteiger partial charge in [-0.05, 0) is 42.1 Å². The third-order valence-corrected chi connectivity index (χ3v) is 5.64. The van der Waals surface area contributed by atoms with Crippen LogP contribution in [0.1, 0.15) is 13.3 Å². The molecule has 0 bridgehead atoms. The Bertz CT molecular complexity index is 1090. The molecule has 1 N–H and O–H groups in total. The van der Waals surface area contributed by atoms with Gasteiger partial charge < -0.3 is 5.32 Å². The van der Waals surface area contributed by atoms with Crippen LogP contribution in [0.2, 0.25) is 0 Å². The molecule has 0 unspecified atom stereocenters. The van der Waals surface area contributed by atoms with E-state index in [1.165, 1.54) is 24.3 Å². The number of fused-ring (bicyclic) bond motifs is 1. The van der Waals surface area contributed by atoms with Crippen molar-refractivity contribution in [2.75, 3.05) is 15.9 Å². The molecule has 1 amide bonds. The van der Waals surface area contributed by atoms with E-state index in [0.29, 0.717) is 5.69 Å². The fourth-order valence-electron chi connectivity index (χ4n) is 3.20. The van der Waals surface area contributed by atoms with Crippen molar-refractivity contribution in [1.82, 2.24) is 0 Å². The fourth-order valence-corrected chi connectivity index (χ4v) is 4.41. The van der Waals surface area contributed by atoms with Crippen molar-refractivity contribution >= 4 is 38.1 Å². The number of hydrogen-bond acceptors (Lipinski definition) is 3. The number of hydrogen-bond donors (Lipinski definition) is 1. The van der Waals surface area contributed by atoms with Crippen LogP contribution in [0.3, 0.4) is 0 Å². The number of nitrogens with zero attached hydrogens (tertiary/aromatic N) is 1. The lowest BCUT2D eigenvalue weighted by atomic mass is 10.1. The lowest BCUT2D eigenvalue weighted by Crippen LogP contribution is -2.47. The second-order valence-electron chi connectivity index (χ2n) is 6.48. The summed E-state index contributed by atoms with van der Waals surface area (Å²) in [6.45, 7) is 1.73. The summed E-state index contributed by atoms with van der Waals surface area (Å²) in [5, 5.41) is 4.68. The number of nitrogens with one attached hydrogen (secondary N) is 1. The predicted octanol–water partition coefficient (Wildman–Crippen LogP) is 4.16. The highest BCUT2D eigenvalue weighted by Gasteiger charge is 2.31. The largest absolute Gasteiger partial charge is 0.324 e. The molecule has 146 valence electrons. The van der Waals surface area contributed by atoms with Crippen LogP contribution >= 0.6 is 0 Å². The summed E-state index contributed by atoms with van der Waals surface area (Å²) in [5.41, 5.74) is 0.845. The van der Waals surface area contributed by atoms with Gasteiger partial charge in [-0.2, -0.15) is 0 Å². The van der Waals surface area contributed by atoms with Gasteiger partial charge in [0, 0.05) is 11.1 Å². The van der Waals surface area contributed by atoms with Gasteiger partial charge in [-0.25, -0.2) is 12.8 Å². The van der Waals surface area contributed by atoms with Crippen LogP contribution < -0.4 is 9.62 Å². The molecular weight excluding hydrogens is 379 g/mol. The van der Waals surface area contributed by atoms with Gasteiger partial charge in [0.05, 0.1) is 11.9 Å². The van der Waals surface area contributed by atoms with Crippen LogP contribution in [0.5, 0.6) is 0 Å². The lowest BCUT2D eigenvalue weighted by molar-refractivity contribution is -0.117. The maximum atomic E-state index is 13.3. The number of carbonyl (C=O) groups is 1. The van der Waals surface area contributed by atoms with E-state index < -0.39 is 27.8 Å². The molecule has 0 aliphatic heterocycles. The fraction of sp³-hybridized carbons (Fsp3) is 0.190. The standard InChI is InChI=1S/C21H21FN2O3S/c1-3-20(24(28(2,26)27)17-13-11-16(22)12-14-17)21(25)23-19-10-6-8-15-7-4-5-9-18(15)19/h4-14,20H,3H2,1-2H3,(H,23,25)/t20-/m0/s1. The zero-order chi connectivity index (χ0) is 20.3. The molecule has 0 fully saturated rings. The molecular formula is C21H21FN2O3S. The first-order valence-corrected chi connectivity index (χ1v) is 10.7. The third-order valence-electron chi connectivity index (χ3n) is 4.46. The van der Waals surface area contributed by atoms with Crippen molar-refractivity contribution in [1.29, 1.82) is 0 Å². The number of rotatable bonds is 6. The third kappa shape index (κ3) is 4.14. The number of sulfonamides is 1. The van der Waals surface area contributed by atoms with Crippen LogP contribution in [0.4, 0.5) is 15.8 Å². The maximum absolute atomic E-state index is 13.3. The molecule has 0 heterocycles. The van der Waals surface area contributed by atoms with Crippen LogP contribution in [-0.2, 0) is 14.8 Å². The summed E-state index contributed by atoms with van der Waals surface area (Å²) < 4.78 is 39.2. The number of anilines is 2. The first-order chi connectivity index (χ1) is 13.3. The molecule has 0 aliphatic rings. The van der Waals surface area contributed by atoms with E-state index >= 15 is 0 Å². The molecule has 3 rings (SSSR count). The Morgan fingerprint density at radius 2 is 1.68 bits per heavy atom. The molecule has 1 atom stereocenters.